The van der Waals surface area contributed by atoms with Gasteiger partial charge in [-0.3, -0.25) is 0 Å². The molecule has 0 fully saturated rings. The maximum absolute atomic E-state index is 5.77. The van der Waals surface area contributed by atoms with Crippen molar-refractivity contribution in [2.75, 3.05) is 7.11 Å². The summed E-state index contributed by atoms with van der Waals surface area (Å²) >= 11 is 1.57. The molecule has 0 spiro atoms. The van der Waals surface area contributed by atoms with Crippen LogP contribution in [0, 0.1) is 0 Å². The minimum atomic E-state index is 0.705. The van der Waals surface area contributed by atoms with Crippen LogP contribution in [-0.4, -0.2) is 15.0 Å². The Balaban J connectivity index is 2.43. The van der Waals surface area contributed by atoms with Gasteiger partial charge in [0.1, 0.15) is 7.85 Å². The van der Waals surface area contributed by atoms with E-state index < -0.39 is 0 Å². The lowest BCUT2D eigenvalue weighted by Gasteiger charge is -1.95. The first-order valence-electron chi connectivity index (χ1n) is 4.30. The number of methoxy groups -OCH3 is 1. The van der Waals surface area contributed by atoms with E-state index in [1.54, 1.807) is 18.4 Å². The van der Waals surface area contributed by atoms with E-state index >= 15 is 0 Å². The number of hydrogen-bond acceptors (Lipinski definition) is 2. The lowest BCUT2D eigenvalue weighted by atomic mass is 9.98. The van der Waals surface area contributed by atoms with Crippen LogP contribution in [0.15, 0.2) is 36.4 Å². The number of hydrogen-bond donors (Lipinski definition) is 0. The van der Waals surface area contributed by atoms with Crippen LogP contribution >= 0.6 is 11.3 Å². The zero-order valence-electron chi connectivity index (χ0n) is 7.86. The van der Waals surface area contributed by atoms with Crippen LogP contribution in [0.2, 0.25) is 0 Å². The Kier molecular flexibility index (Phi) is 2.59. The number of thiophene rings is 1. The summed E-state index contributed by atoms with van der Waals surface area (Å²) in [5.41, 5.74) is 1.88. The number of rotatable bonds is 2. The molecular weight excluding hydrogens is 191 g/mol. The van der Waals surface area contributed by atoms with E-state index in [4.69, 9.17) is 12.6 Å². The molecular formula is C11H9BOS. The van der Waals surface area contributed by atoms with Gasteiger partial charge in [0, 0.05) is 4.88 Å². The molecule has 0 atom stereocenters. The third-order valence-electron chi connectivity index (χ3n) is 1.97. The van der Waals surface area contributed by atoms with Gasteiger partial charge in [-0.05, 0) is 17.1 Å². The average Bonchev–Trinajstić information content (AvgIpc) is 2.61. The van der Waals surface area contributed by atoms with Crippen molar-refractivity contribution in [2.45, 2.75) is 0 Å². The first-order chi connectivity index (χ1) is 6.81. The second-order valence-corrected chi connectivity index (χ2v) is 3.94. The van der Waals surface area contributed by atoms with Crippen molar-refractivity contribution in [3.8, 4) is 15.5 Å². The summed E-state index contributed by atoms with van der Waals surface area (Å²) in [4.78, 5) is 1.14. The Bertz CT molecular complexity index is 422. The Labute approximate surface area is 88.8 Å². The van der Waals surface area contributed by atoms with Gasteiger partial charge >= 0.3 is 0 Å². The molecule has 0 aliphatic rings. The fraction of sp³-hybridized carbons (Fsp3) is 0.0909. The summed E-state index contributed by atoms with van der Waals surface area (Å²) in [5.74, 6) is 0. The van der Waals surface area contributed by atoms with E-state index in [0.717, 1.165) is 9.94 Å². The first kappa shape index (κ1) is 9.34. The van der Waals surface area contributed by atoms with Crippen molar-refractivity contribution in [3.05, 3.63) is 36.4 Å². The normalized spacial score (nSPS) is 10.1. The lowest BCUT2D eigenvalue weighted by molar-refractivity contribution is 0.430. The highest BCUT2D eigenvalue weighted by Crippen LogP contribution is 2.30. The molecule has 0 bridgehead atoms. The van der Waals surface area contributed by atoms with Crippen molar-refractivity contribution in [1.29, 1.82) is 0 Å². The van der Waals surface area contributed by atoms with Gasteiger partial charge in [-0.1, -0.05) is 41.7 Å². The molecule has 0 aliphatic carbocycles. The van der Waals surface area contributed by atoms with Crippen LogP contribution in [-0.2, 0) is 0 Å². The van der Waals surface area contributed by atoms with Crippen molar-refractivity contribution < 1.29 is 4.74 Å². The summed E-state index contributed by atoms with van der Waals surface area (Å²) in [5, 5.41) is 0.781. The van der Waals surface area contributed by atoms with Gasteiger partial charge in [-0.2, -0.15) is 0 Å². The zero-order chi connectivity index (χ0) is 9.97. The molecule has 0 saturated carbocycles. The molecule has 0 unspecified atom stereocenters. The number of benzene rings is 1. The molecule has 0 saturated heterocycles. The third kappa shape index (κ3) is 1.68. The van der Waals surface area contributed by atoms with Crippen molar-refractivity contribution >= 4 is 24.6 Å². The summed E-state index contributed by atoms with van der Waals surface area (Å²) in [7, 11) is 7.41. The highest BCUT2D eigenvalue weighted by Gasteiger charge is 2.05. The minimum absolute atomic E-state index is 0.705. The lowest BCUT2D eigenvalue weighted by Crippen LogP contribution is -2.00. The maximum atomic E-state index is 5.77. The van der Waals surface area contributed by atoms with Crippen LogP contribution in [0.25, 0.3) is 10.4 Å². The molecule has 68 valence electrons. The molecule has 0 N–H and O–H groups in total. The van der Waals surface area contributed by atoms with Crippen molar-refractivity contribution in [1.82, 2.24) is 0 Å². The SMILES string of the molecule is [B]c1cc(-c2ccccc2)sc1OC. The Hall–Kier alpha value is -1.22. The minimum Gasteiger partial charge on any atom is -0.488 e. The van der Waals surface area contributed by atoms with E-state index in [1.807, 2.05) is 24.3 Å². The molecule has 2 rings (SSSR count). The Morgan fingerprint density at radius 1 is 1.21 bits per heavy atom. The molecule has 14 heavy (non-hydrogen) atoms. The smallest absolute Gasteiger partial charge is 0.166 e. The number of ether oxygens (including phenoxy) is 1. The van der Waals surface area contributed by atoms with Gasteiger partial charge in [0.25, 0.3) is 0 Å². The van der Waals surface area contributed by atoms with E-state index in [9.17, 15) is 0 Å². The van der Waals surface area contributed by atoms with Crippen molar-refractivity contribution in [3.63, 3.8) is 0 Å². The molecule has 0 aliphatic heterocycles. The molecule has 1 nitrogen and oxygen atoms in total. The van der Waals surface area contributed by atoms with E-state index in [0.29, 0.717) is 5.46 Å². The second kappa shape index (κ2) is 3.88. The average molecular weight is 200 g/mol. The summed E-state index contributed by atoms with van der Waals surface area (Å²) in [6.07, 6.45) is 0. The monoisotopic (exact) mass is 200 g/mol. The molecule has 1 heterocycles. The van der Waals surface area contributed by atoms with Gasteiger partial charge in [0.15, 0.2) is 5.06 Å². The van der Waals surface area contributed by atoms with Crippen LogP contribution in [0.5, 0.6) is 5.06 Å². The summed E-state index contributed by atoms with van der Waals surface area (Å²) in [6, 6.07) is 12.1. The molecule has 1 aromatic carbocycles. The van der Waals surface area contributed by atoms with Gasteiger partial charge in [0.2, 0.25) is 0 Å². The van der Waals surface area contributed by atoms with Crippen LogP contribution in [0.3, 0.4) is 0 Å². The highest BCUT2D eigenvalue weighted by atomic mass is 32.1. The molecule has 1 aromatic heterocycles. The molecule has 2 radical (unpaired) electrons. The van der Waals surface area contributed by atoms with Gasteiger partial charge < -0.3 is 4.74 Å². The fourth-order valence-corrected chi connectivity index (χ4v) is 2.19. The standard InChI is InChI=1S/C11H9BOS/c1-13-11-9(12)7-10(14-11)8-5-3-2-4-6-8/h2-7H,1H3. The maximum Gasteiger partial charge on any atom is 0.166 e. The van der Waals surface area contributed by atoms with Crippen LogP contribution in [0.4, 0.5) is 0 Å². The summed E-state index contributed by atoms with van der Waals surface area (Å²) < 4.78 is 5.14. The third-order valence-corrected chi connectivity index (χ3v) is 3.13. The van der Waals surface area contributed by atoms with Crippen LogP contribution in [0.1, 0.15) is 0 Å². The zero-order valence-corrected chi connectivity index (χ0v) is 8.67. The Morgan fingerprint density at radius 3 is 2.50 bits per heavy atom. The predicted octanol–water partition coefficient (Wildman–Crippen LogP) is 2.22. The van der Waals surface area contributed by atoms with Crippen molar-refractivity contribution in [2.24, 2.45) is 0 Å². The quantitative estimate of drug-likeness (QED) is 0.675. The summed E-state index contributed by atoms with van der Waals surface area (Å²) in [6.45, 7) is 0. The van der Waals surface area contributed by atoms with E-state index in [2.05, 4.69) is 12.1 Å². The highest BCUT2D eigenvalue weighted by molar-refractivity contribution is 7.18. The molecule has 0 amide bonds. The van der Waals surface area contributed by atoms with E-state index in [-0.39, 0.29) is 0 Å². The first-order valence-corrected chi connectivity index (χ1v) is 5.11. The topological polar surface area (TPSA) is 9.23 Å². The van der Waals surface area contributed by atoms with Gasteiger partial charge in [0.05, 0.1) is 7.11 Å². The van der Waals surface area contributed by atoms with Gasteiger partial charge in [-0.25, -0.2) is 0 Å². The molecule has 3 heteroatoms. The molecule has 2 aromatic rings. The largest absolute Gasteiger partial charge is 0.488 e. The van der Waals surface area contributed by atoms with E-state index in [1.165, 1.54) is 5.56 Å². The predicted molar refractivity (Wildman–Crippen MR) is 61.7 cm³/mol. The fourth-order valence-electron chi connectivity index (χ4n) is 1.29. The van der Waals surface area contributed by atoms with Crippen LogP contribution < -0.4 is 10.2 Å². The Morgan fingerprint density at radius 2 is 1.93 bits per heavy atom. The second-order valence-electron chi connectivity index (χ2n) is 2.92. The van der Waals surface area contributed by atoms with Gasteiger partial charge in [-0.15, -0.1) is 0 Å².